The number of phenolic OH excluding ortho intramolecular Hbond substituents is 1. The first kappa shape index (κ1) is 19.1. The molecule has 9 N–H and O–H groups in total. The first-order chi connectivity index (χ1) is 12.5. The van der Waals surface area contributed by atoms with E-state index in [1.165, 1.54) is 13.3 Å². The van der Waals surface area contributed by atoms with Crippen molar-refractivity contribution in [3.63, 3.8) is 0 Å². The molecule has 0 unspecified atom stereocenters. The minimum atomic E-state index is 0.0353. The monoisotopic (exact) mass is 357 g/mol. The van der Waals surface area contributed by atoms with Gasteiger partial charge in [-0.2, -0.15) is 0 Å². The van der Waals surface area contributed by atoms with Gasteiger partial charge in [0.2, 0.25) is 0 Å². The van der Waals surface area contributed by atoms with Crippen LogP contribution in [0.4, 0.5) is 0 Å². The van der Waals surface area contributed by atoms with Crippen LogP contribution in [0.15, 0.2) is 54.3 Å². The summed E-state index contributed by atoms with van der Waals surface area (Å²) >= 11 is 0. The highest BCUT2D eigenvalue weighted by molar-refractivity contribution is 5.78. The summed E-state index contributed by atoms with van der Waals surface area (Å²) < 4.78 is 4.92. The lowest BCUT2D eigenvalue weighted by atomic mass is 10.0. The molecule has 0 amide bonds. The van der Waals surface area contributed by atoms with E-state index in [2.05, 4.69) is 4.90 Å². The van der Waals surface area contributed by atoms with Crippen molar-refractivity contribution in [1.82, 2.24) is 4.90 Å². The van der Waals surface area contributed by atoms with Gasteiger partial charge in [-0.3, -0.25) is 0 Å². The Morgan fingerprint density at radius 2 is 1.85 bits per heavy atom. The minimum absolute atomic E-state index is 0.0353. The van der Waals surface area contributed by atoms with Gasteiger partial charge in [-0.15, -0.1) is 0 Å². The molecule has 1 aromatic rings. The second-order valence-electron chi connectivity index (χ2n) is 6.01. The van der Waals surface area contributed by atoms with Gasteiger partial charge in [0, 0.05) is 42.2 Å². The number of nitrogens with zero attached hydrogens (tertiary/aromatic N) is 1. The predicted molar refractivity (Wildman–Crippen MR) is 105 cm³/mol. The van der Waals surface area contributed by atoms with Crippen LogP contribution in [0.1, 0.15) is 24.0 Å². The molecule has 0 bridgehead atoms. The van der Waals surface area contributed by atoms with E-state index in [1.54, 1.807) is 36.4 Å². The van der Waals surface area contributed by atoms with Gasteiger partial charge in [0.25, 0.3) is 0 Å². The molecule has 0 atom stereocenters. The molecular formula is C19H27N5O2. The van der Waals surface area contributed by atoms with Crippen molar-refractivity contribution in [2.75, 3.05) is 20.2 Å². The van der Waals surface area contributed by atoms with E-state index in [0.29, 0.717) is 28.2 Å². The van der Waals surface area contributed by atoms with Gasteiger partial charge in [-0.1, -0.05) is 6.07 Å². The number of hydrogen-bond donors (Lipinski definition) is 5. The number of rotatable bonds is 6. The van der Waals surface area contributed by atoms with Gasteiger partial charge in [0.1, 0.15) is 5.75 Å². The quantitative estimate of drug-likeness (QED) is 0.382. The summed E-state index contributed by atoms with van der Waals surface area (Å²) in [7, 11) is 1.47. The number of ether oxygens (including phenoxy) is 1. The maximum Gasteiger partial charge on any atom is 0.184 e. The van der Waals surface area contributed by atoms with Crippen LogP contribution >= 0.6 is 0 Å². The number of likely N-dealkylation sites (tertiary alicyclic amines) is 1. The smallest absolute Gasteiger partial charge is 0.184 e. The second-order valence-corrected chi connectivity index (χ2v) is 6.01. The van der Waals surface area contributed by atoms with E-state index in [4.69, 9.17) is 27.7 Å². The maximum absolute atomic E-state index is 10.3. The van der Waals surface area contributed by atoms with Crippen LogP contribution in [0, 0.1) is 0 Å². The molecule has 0 saturated carbocycles. The first-order valence-corrected chi connectivity index (χ1v) is 8.41. The van der Waals surface area contributed by atoms with E-state index in [1.807, 2.05) is 0 Å². The summed E-state index contributed by atoms with van der Waals surface area (Å²) in [6.07, 6.45) is 8.72. The van der Waals surface area contributed by atoms with E-state index in [0.717, 1.165) is 25.9 Å². The van der Waals surface area contributed by atoms with Crippen LogP contribution < -0.4 is 22.9 Å². The standard InChI is InChI=1S/C19H27N5O2/c1-26-19(23)11-14(12-20)13-4-5-15(17(25)10-13)16(21)6-7-18(22)24-8-2-3-9-24/h4-7,10-12,25H,2-3,8-9,20-23H2,1H3/b14-12+,16-6-,18-7+,19-11+. The molecule has 1 aliphatic heterocycles. The third kappa shape index (κ3) is 4.66. The van der Waals surface area contributed by atoms with Crippen molar-refractivity contribution >= 4 is 11.3 Å². The summed E-state index contributed by atoms with van der Waals surface area (Å²) in [5.41, 5.74) is 25.7. The van der Waals surface area contributed by atoms with Gasteiger partial charge in [0.05, 0.1) is 12.9 Å². The molecule has 7 heteroatoms. The highest BCUT2D eigenvalue weighted by Crippen LogP contribution is 2.27. The summed E-state index contributed by atoms with van der Waals surface area (Å²) in [5, 5.41) is 10.3. The van der Waals surface area contributed by atoms with Crippen molar-refractivity contribution in [3.05, 3.63) is 65.5 Å². The van der Waals surface area contributed by atoms with E-state index >= 15 is 0 Å². The zero-order chi connectivity index (χ0) is 19.1. The molecule has 0 aliphatic carbocycles. The molecule has 0 radical (unpaired) electrons. The van der Waals surface area contributed by atoms with Crippen molar-refractivity contribution in [2.45, 2.75) is 12.8 Å². The summed E-state index contributed by atoms with van der Waals surface area (Å²) in [5.74, 6) is 0.926. The predicted octanol–water partition coefficient (Wildman–Crippen LogP) is 1.33. The Morgan fingerprint density at radius 3 is 2.42 bits per heavy atom. The number of allylic oxidation sites excluding steroid dienone is 4. The average Bonchev–Trinajstić information content (AvgIpc) is 3.18. The fraction of sp³-hybridized carbons (Fsp3) is 0.263. The molecule has 7 nitrogen and oxygen atoms in total. The number of hydrogen-bond acceptors (Lipinski definition) is 7. The molecule has 140 valence electrons. The van der Waals surface area contributed by atoms with Crippen molar-refractivity contribution in [1.29, 1.82) is 0 Å². The van der Waals surface area contributed by atoms with Gasteiger partial charge in [-0.05, 0) is 42.7 Å². The zero-order valence-electron chi connectivity index (χ0n) is 15.0. The summed E-state index contributed by atoms with van der Waals surface area (Å²) in [4.78, 5) is 2.11. The lowest BCUT2D eigenvalue weighted by molar-refractivity contribution is 0.288. The Kier molecular flexibility index (Phi) is 6.43. The van der Waals surface area contributed by atoms with Crippen LogP contribution in [0.25, 0.3) is 11.3 Å². The van der Waals surface area contributed by atoms with Crippen LogP contribution in [0.2, 0.25) is 0 Å². The Balaban J connectivity index is 2.23. The molecule has 1 fully saturated rings. The molecule has 1 aromatic carbocycles. The topological polar surface area (TPSA) is 137 Å². The number of benzene rings is 1. The minimum Gasteiger partial charge on any atom is -0.507 e. The Hall–Kier alpha value is -3.22. The third-order valence-corrected chi connectivity index (χ3v) is 4.26. The maximum atomic E-state index is 10.3. The van der Waals surface area contributed by atoms with Crippen LogP contribution in [0.3, 0.4) is 0 Å². The highest BCUT2D eigenvalue weighted by Gasteiger charge is 2.12. The van der Waals surface area contributed by atoms with E-state index in [9.17, 15) is 5.11 Å². The Bertz CT molecular complexity index is 759. The van der Waals surface area contributed by atoms with Gasteiger partial charge in [0.15, 0.2) is 5.88 Å². The number of methoxy groups -OCH3 is 1. The molecule has 26 heavy (non-hydrogen) atoms. The molecule has 1 saturated heterocycles. The Labute approximate surface area is 153 Å². The van der Waals surface area contributed by atoms with Crippen molar-refractivity contribution < 1.29 is 9.84 Å². The van der Waals surface area contributed by atoms with Crippen molar-refractivity contribution in [2.24, 2.45) is 22.9 Å². The number of phenols is 1. The lowest BCUT2D eigenvalue weighted by Crippen LogP contribution is -2.24. The number of aromatic hydroxyl groups is 1. The second kappa shape index (κ2) is 8.75. The van der Waals surface area contributed by atoms with Crippen LogP contribution in [0.5, 0.6) is 5.75 Å². The lowest BCUT2D eigenvalue weighted by Gasteiger charge is -2.16. The molecule has 0 aromatic heterocycles. The van der Waals surface area contributed by atoms with Crippen LogP contribution in [-0.2, 0) is 4.74 Å². The fourth-order valence-electron chi connectivity index (χ4n) is 2.74. The fourth-order valence-corrected chi connectivity index (χ4v) is 2.74. The largest absolute Gasteiger partial charge is 0.507 e. The first-order valence-electron chi connectivity index (χ1n) is 8.41. The average molecular weight is 357 g/mol. The zero-order valence-corrected chi connectivity index (χ0v) is 15.0. The summed E-state index contributed by atoms with van der Waals surface area (Å²) in [6.45, 7) is 1.92. The molecule has 2 rings (SSSR count). The number of nitrogens with two attached hydrogens (primary N) is 4. The molecule has 1 aliphatic rings. The normalized spacial score (nSPS) is 16.9. The SMILES string of the molecule is CO/C(N)=C/C(=C\N)c1ccc(/C(N)=C/C=C(\N)N2CCCC2)c(O)c1. The van der Waals surface area contributed by atoms with Crippen LogP contribution in [-0.4, -0.2) is 30.2 Å². The summed E-state index contributed by atoms with van der Waals surface area (Å²) in [6, 6.07) is 5.08. The molecular weight excluding hydrogens is 330 g/mol. The highest BCUT2D eigenvalue weighted by atomic mass is 16.5. The van der Waals surface area contributed by atoms with E-state index in [-0.39, 0.29) is 11.6 Å². The molecule has 0 spiro atoms. The van der Waals surface area contributed by atoms with E-state index < -0.39 is 0 Å². The third-order valence-electron chi connectivity index (χ3n) is 4.26. The Morgan fingerprint density at radius 1 is 1.15 bits per heavy atom. The van der Waals surface area contributed by atoms with Gasteiger partial charge in [-0.25, -0.2) is 0 Å². The van der Waals surface area contributed by atoms with Gasteiger partial charge >= 0.3 is 0 Å². The van der Waals surface area contributed by atoms with Gasteiger partial charge < -0.3 is 37.7 Å². The van der Waals surface area contributed by atoms with Crippen molar-refractivity contribution in [3.8, 4) is 5.75 Å². The molecule has 1 heterocycles.